The standard InChI is InChI=1S/C32H45N3O4/c1-3-4-5-6-7-16-23-35(30(33)37)29(36)32(2,24-25-17-10-8-11-18-25)34-31(38)39-28(27-21-14-15-22-27)26-19-12-9-13-20-26/h8-13,17-20,27-28H,3-7,14-16,21-24H2,1-2H3,(H2,33,37)(H,34,38). The minimum Gasteiger partial charge on any atom is -0.441 e. The van der Waals surface area contributed by atoms with E-state index in [9.17, 15) is 14.4 Å². The van der Waals surface area contributed by atoms with Crippen LogP contribution >= 0.6 is 0 Å². The number of nitrogens with one attached hydrogen (secondary N) is 1. The number of amides is 4. The maximum Gasteiger partial charge on any atom is 0.408 e. The Labute approximate surface area is 233 Å². The van der Waals surface area contributed by atoms with Crippen molar-refractivity contribution in [1.29, 1.82) is 0 Å². The number of urea groups is 1. The Morgan fingerprint density at radius 1 is 0.949 bits per heavy atom. The first-order chi connectivity index (χ1) is 18.8. The Morgan fingerprint density at radius 2 is 1.54 bits per heavy atom. The zero-order chi connectivity index (χ0) is 28.1. The van der Waals surface area contributed by atoms with Gasteiger partial charge in [-0.2, -0.15) is 0 Å². The Hall–Kier alpha value is -3.35. The van der Waals surface area contributed by atoms with Crippen molar-refractivity contribution in [1.82, 2.24) is 10.2 Å². The summed E-state index contributed by atoms with van der Waals surface area (Å²) in [5.41, 5.74) is 6.06. The first-order valence-corrected chi connectivity index (χ1v) is 14.5. The zero-order valence-electron chi connectivity index (χ0n) is 23.6. The van der Waals surface area contributed by atoms with Crippen LogP contribution in [0.1, 0.15) is 95.3 Å². The molecule has 1 saturated carbocycles. The van der Waals surface area contributed by atoms with Crippen molar-refractivity contribution in [2.24, 2.45) is 11.7 Å². The van der Waals surface area contributed by atoms with Gasteiger partial charge in [0.1, 0.15) is 11.6 Å². The summed E-state index contributed by atoms with van der Waals surface area (Å²) in [5, 5.41) is 2.86. The summed E-state index contributed by atoms with van der Waals surface area (Å²) in [5.74, 6) is -0.300. The molecule has 2 unspecified atom stereocenters. The number of nitrogens with two attached hydrogens (primary N) is 1. The quantitative estimate of drug-likeness (QED) is 0.257. The lowest BCUT2D eigenvalue weighted by Gasteiger charge is -2.34. The topological polar surface area (TPSA) is 102 Å². The molecule has 1 aliphatic rings. The number of imide groups is 1. The third-order valence-corrected chi connectivity index (χ3v) is 7.69. The van der Waals surface area contributed by atoms with Gasteiger partial charge in [0.05, 0.1) is 0 Å². The van der Waals surface area contributed by atoms with E-state index < -0.39 is 29.7 Å². The molecule has 7 heteroatoms. The lowest BCUT2D eigenvalue weighted by Crippen LogP contribution is -2.61. The monoisotopic (exact) mass is 535 g/mol. The molecule has 0 aromatic heterocycles. The Kier molecular flexibility index (Phi) is 11.8. The van der Waals surface area contributed by atoms with Gasteiger partial charge < -0.3 is 15.8 Å². The van der Waals surface area contributed by atoms with E-state index in [1.165, 1.54) is 6.42 Å². The molecule has 0 radical (unpaired) electrons. The van der Waals surface area contributed by atoms with Gasteiger partial charge in [-0.05, 0) is 37.3 Å². The number of rotatable bonds is 14. The van der Waals surface area contributed by atoms with Gasteiger partial charge in [0.15, 0.2) is 0 Å². The predicted molar refractivity (Wildman–Crippen MR) is 154 cm³/mol. The number of carbonyl (C=O) groups excluding carboxylic acids is 3. The van der Waals surface area contributed by atoms with Crippen LogP contribution in [0.25, 0.3) is 0 Å². The van der Waals surface area contributed by atoms with Crippen LogP contribution in [0.15, 0.2) is 60.7 Å². The second kappa shape index (κ2) is 15.3. The molecule has 0 spiro atoms. The van der Waals surface area contributed by atoms with E-state index in [-0.39, 0.29) is 18.9 Å². The number of alkyl carbamates (subject to hydrolysis) is 1. The number of nitrogens with zero attached hydrogens (tertiary/aromatic N) is 1. The SMILES string of the molecule is CCCCCCCCN(C(N)=O)C(=O)C(C)(Cc1ccccc1)NC(=O)OC(c1ccccc1)C1CCCC1. The summed E-state index contributed by atoms with van der Waals surface area (Å²) in [6.45, 7) is 4.03. The molecule has 7 nitrogen and oxygen atoms in total. The first kappa shape index (κ1) is 30.2. The highest BCUT2D eigenvalue weighted by molar-refractivity contribution is 6.00. The Morgan fingerprint density at radius 3 is 2.15 bits per heavy atom. The number of benzene rings is 2. The molecule has 0 heterocycles. The number of hydrogen-bond donors (Lipinski definition) is 2. The molecule has 2 aromatic rings. The van der Waals surface area contributed by atoms with Gasteiger partial charge >= 0.3 is 12.1 Å². The van der Waals surface area contributed by atoms with Gasteiger partial charge in [-0.15, -0.1) is 0 Å². The minimum absolute atomic E-state index is 0.196. The van der Waals surface area contributed by atoms with E-state index in [4.69, 9.17) is 10.5 Å². The molecule has 2 atom stereocenters. The molecule has 3 rings (SSSR count). The molecule has 1 fully saturated rings. The van der Waals surface area contributed by atoms with Crippen molar-refractivity contribution in [2.75, 3.05) is 6.54 Å². The fraction of sp³-hybridized carbons (Fsp3) is 0.531. The van der Waals surface area contributed by atoms with Crippen LogP contribution in [0.5, 0.6) is 0 Å². The maximum absolute atomic E-state index is 13.9. The number of unbranched alkanes of at least 4 members (excludes halogenated alkanes) is 5. The molecule has 0 bridgehead atoms. The summed E-state index contributed by atoms with van der Waals surface area (Å²) >= 11 is 0. The first-order valence-electron chi connectivity index (χ1n) is 14.5. The van der Waals surface area contributed by atoms with Crippen LogP contribution in [0, 0.1) is 5.92 Å². The highest BCUT2D eigenvalue weighted by atomic mass is 16.6. The van der Waals surface area contributed by atoms with E-state index in [0.29, 0.717) is 6.42 Å². The molecular weight excluding hydrogens is 490 g/mol. The predicted octanol–water partition coefficient (Wildman–Crippen LogP) is 6.91. The summed E-state index contributed by atoms with van der Waals surface area (Å²) in [7, 11) is 0. The summed E-state index contributed by atoms with van der Waals surface area (Å²) < 4.78 is 6.04. The number of carbonyl (C=O) groups is 3. The van der Waals surface area contributed by atoms with Crippen molar-refractivity contribution < 1.29 is 19.1 Å². The maximum atomic E-state index is 13.9. The van der Waals surface area contributed by atoms with Gasteiger partial charge in [-0.25, -0.2) is 9.59 Å². The van der Waals surface area contributed by atoms with Crippen molar-refractivity contribution in [2.45, 2.75) is 96.1 Å². The average Bonchev–Trinajstić information content (AvgIpc) is 3.46. The molecule has 1 aliphatic carbocycles. The molecule has 0 aliphatic heterocycles. The van der Waals surface area contributed by atoms with Crippen LogP contribution < -0.4 is 11.1 Å². The molecule has 4 amide bonds. The summed E-state index contributed by atoms with van der Waals surface area (Å²) in [4.78, 5) is 40.8. The number of primary amides is 1. The van der Waals surface area contributed by atoms with Crippen LogP contribution in [-0.2, 0) is 16.0 Å². The van der Waals surface area contributed by atoms with Crippen LogP contribution in [-0.4, -0.2) is 35.0 Å². The summed E-state index contributed by atoms with van der Waals surface area (Å²) in [6.07, 6.45) is 9.37. The van der Waals surface area contributed by atoms with Gasteiger partial charge in [-0.1, -0.05) is 113 Å². The van der Waals surface area contributed by atoms with Crippen LogP contribution in [0.4, 0.5) is 9.59 Å². The van der Waals surface area contributed by atoms with E-state index >= 15 is 0 Å². The van der Waals surface area contributed by atoms with Gasteiger partial charge in [0, 0.05) is 18.9 Å². The normalized spacial score (nSPS) is 15.7. The smallest absolute Gasteiger partial charge is 0.408 e. The minimum atomic E-state index is -1.42. The third kappa shape index (κ3) is 9.12. The lowest BCUT2D eigenvalue weighted by atomic mass is 9.91. The number of ether oxygens (including phenoxy) is 1. The largest absolute Gasteiger partial charge is 0.441 e. The van der Waals surface area contributed by atoms with Crippen molar-refractivity contribution in [3.63, 3.8) is 0 Å². The third-order valence-electron chi connectivity index (χ3n) is 7.69. The van der Waals surface area contributed by atoms with E-state index in [2.05, 4.69) is 12.2 Å². The molecule has 212 valence electrons. The van der Waals surface area contributed by atoms with Crippen molar-refractivity contribution in [3.05, 3.63) is 71.8 Å². The Balaban J connectivity index is 1.78. The Bertz CT molecular complexity index is 1040. The molecule has 39 heavy (non-hydrogen) atoms. The van der Waals surface area contributed by atoms with Crippen molar-refractivity contribution >= 4 is 18.0 Å². The van der Waals surface area contributed by atoms with E-state index in [1.54, 1.807) is 6.92 Å². The second-order valence-corrected chi connectivity index (χ2v) is 11.0. The average molecular weight is 536 g/mol. The highest BCUT2D eigenvalue weighted by Gasteiger charge is 2.41. The van der Waals surface area contributed by atoms with Gasteiger partial charge in [0.25, 0.3) is 5.91 Å². The molecule has 2 aromatic carbocycles. The lowest BCUT2D eigenvalue weighted by molar-refractivity contribution is -0.134. The fourth-order valence-corrected chi connectivity index (χ4v) is 5.55. The van der Waals surface area contributed by atoms with E-state index in [0.717, 1.165) is 67.4 Å². The summed E-state index contributed by atoms with van der Waals surface area (Å²) in [6, 6.07) is 18.4. The zero-order valence-corrected chi connectivity index (χ0v) is 23.6. The molecular formula is C32H45N3O4. The fourth-order valence-electron chi connectivity index (χ4n) is 5.55. The van der Waals surface area contributed by atoms with E-state index in [1.807, 2.05) is 60.7 Å². The highest BCUT2D eigenvalue weighted by Crippen LogP contribution is 2.38. The van der Waals surface area contributed by atoms with Crippen molar-refractivity contribution in [3.8, 4) is 0 Å². The van der Waals surface area contributed by atoms with Gasteiger partial charge in [0.2, 0.25) is 0 Å². The second-order valence-electron chi connectivity index (χ2n) is 11.0. The van der Waals surface area contributed by atoms with Crippen LogP contribution in [0.2, 0.25) is 0 Å². The number of hydrogen-bond acceptors (Lipinski definition) is 4. The molecule has 0 saturated heterocycles. The van der Waals surface area contributed by atoms with Gasteiger partial charge in [-0.3, -0.25) is 9.69 Å². The van der Waals surface area contributed by atoms with Crippen LogP contribution in [0.3, 0.4) is 0 Å². The molecule has 3 N–H and O–H groups in total.